The van der Waals surface area contributed by atoms with Gasteiger partial charge in [-0.05, 0) is 53.3 Å². The Morgan fingerprint density at radius 1 is 1.00 bits per heavy atom. The fourth-order valence-electron chi connectivity index (χ4n) is 2.82. The number of thiophene rings is 1. The lowest BCUT2D eigenvalue weighted by Gasteiger charge is -2.18. The molecule has 0 fully saturated rings. The molecule has 0 aliphatic rings. The van der Waals surface area contributed by atoms with Gasteiger partial charge in [0, 0.05) is 17.0 Å². The third kappa shape index (κ3) is 4.47. The highest BCUT2D eigenvalue weighted by atomic mass is 32.1. The maximum atomic E-state index is 13.6. The number of halogens is 2. The monoisotopic (exact) mass is 399 g/mol. The van der Waals surface area contributed by atoms with E-state index in [0.29, 0.717) is 10.4 Å². The SMILES string of the molecule is Cc1c(F)cc(CNC(=O)c2ccc(-c3ccc(C(C)(C)C)cc3)s2)cc1F. The number of benzene rings is 2. The molecule has 2 nitrogen and oxygen atoms in total. The van der Waals surface area contributed by atoms with Crippen LogP contribution in [0.3, 0.4) is 0 Å². The van der Waals surface area contributed by atoms with Crippen molar-refractivity contribution in [1.29, 1.82) is 0 Å². The molecule has 5 heteroatoms. The Morgan fingerprint density at radius 3 is 2.18 bits per heavy atom. The first kappa shape index (κ1) is 20.2. The zero-order valence-electron chi connectivity index (χ0n) is 16.4. The van der Waals surface area contributed by atoms with Gasteiger partial charge >= 0.3 is 0 Å². The Bertz CT molecular complexity index is 977. The van der Waals surface area contributed by atoms with E-state index in [-0.39, 0.29) is 23.4 Å². The van der Waals surface area contributed by atoms with Gasteiger partial charge in [0.15, 0.2) is 0 Å². The standard InChI is InChI=1S/C23H23F2NOS/c1-14-18(24)11-15(12-19(14)25)13-26-22(27)21-10-9-20(28-21)16-5-7-17(8-6-16)23(2,3)4/h5-12H,13H2,1-4H3,(H,26,27). The Labute approximate surface area is 168 Å². The lowest BCUT2D eigenvalue weighted by atomic mass is 9.86. The zero-order chi connectivity index (χ0) is 20.5. The van der Waals surface area contributed by atoms with Crippen LogP contribution in [0.2, 0.25) is 0 Å². The highest BCUT2D eigenvalue weighted by Crippen LogP contribution is 2.30. The molecule has 1 heterocycles. The van der Waals surface area contributed by atoms with Gasteiger partial charge in [-0.15, -0.1) is 11.3 Å². The lowest BCUT2D eigenvalue weighted by molar-refractivity contribution is 0.0955. The van der Waals surface area contributed by atoms with Crippen LogP contribution in [0.5, 0.6) is 0 Å². The molecule has 0 radical (unpaired) electrons. The van der Waals surface area contributed by atoms with Crippen molar-refractivity contribution in [2.45, 2.75) is 39.7 Å². The minimum absolute atomic E-state index is 0.0181. The molecule has 0 bridgehead atoms. The average molecular weight is 400 g/mol. The van der Waals surface area contributed by atoms with Crippen molar-refractivity contribution in [3.05, 3.63) is 81.7 Å². The Kier molecular flexibility index (Phi) is 5.66. The van der Waals surface area contributed by atoms with Crippen molar-refractivity contribution in [1.82, 2.24) is 5.32 Å². The molecule has 0 atom stereocenters. The third-order valence-electron chi connectivity index (χ3n) is 4.66. The predicted molar refractivity (Wildman–Crippen MR) is 111 cm³/mol. The smallest absolute Gasteiger partial charge is 0.261 e. The predicted octanol–water partition coefficient (Wildman–Crippen LogP) is 6.23. The third-order valence-corrected chi connectivity index (χ3v) is 5.79. The normalized spacial score (nSPS) is 11.5. The number of hydrogen-bond acceptors (Lipinski definition) is 2. The summed E-state index contributed by atoms with van der Waals surface area (Å²) in [5.74, 6) is -1.48. The van der Waals surface area contributed by atoms with Crippen molar-refractivity contribution >= 4 is 17.2 Å². The average Bonchev–Trinajstić information content (AvgIpc) is 3.13. The zero-order valence-corrected chi connectivity index (χ0v) is 17.2. The minimum atomic E-state index is -0.610. The van der Waals surface area contributed by atoms with Gasteiger partial charge in [-0.25, -0.2) is 8.78 Å². The summed E-state index contributed by atoms with van der Waals surface area (Å²) in [5, 5.41) is 2.72. The number of hydrogen-bond donors (Lipinski definition) is 1. The molecule has 146 valence electrons. The van der Waals surface area contributed by atoms with Gasteiger partial charge in [0.1, 0.15) is 11.6 Å². The van der Waals surface area contributed by atoms with Crippen LogP contribution in [0.1, 0.15) is 47.1 Å². The summed E-state index contributed by atoms with van der Waals surface area (Å²) in [5.41, 5.74) is 2.77. The van der Waals surface area contributed by atoms with Gasteiger partial charge in [-0.3, -0.25) is 4.79 Å². The van der Waals surface area contributed by atoms with Crippen LogP contribution in [0.4, 0.5) is 8.78 Å². The van der Waals surface area contributed by atoms with Crippen molar-refractivity contribution in [2.24, 2.45) is 0 Å². The van der Waals surface area contributed by atoms with Gasteiger partial charge in [0.2, 0.25) is 0 Å². The molecule has 0 spiro atoms. The molecule has 28 heavy (non-hydrogen) atoms. The summed E-state index contributed by atoms with van der Waals surface area (Å²) in [7, 11) is 0. The van der Waals surface area contributed by atoms with Crippen LogP contribution in [-0.4, -0.2) is 5.91 Å². The number of carbonyl (C=O) groups excluding carboxylic acids is 1. The molecular formula is C23H23F2NOS. The van der Waals surface area contributed by atoms with Gasteiger partial charge in [-0.1, -0.05) is 45.0 Å². The number of rotatable bonds is 4. The van der Waals surface area contributed by atoms with Crippen LogP contribution >= 0.6 is 11.3 Å². The van der Waals surface area contributed by atoms with E-state index in [2.05, 4.69) is 50.4 Å². The number of amides is 1. The van der Waals surface area contributed by atoms with Crippen LogP contribution in [0.25, 0.3) is 10.4 Å². The van der Waals surface area contributed by atoms with Gasteiger partial charge in [0.25, 0.3) is 5.91 Å². The van der Waals surface area contributed by atoms with Crippen molar-refractivity contribution in [2.75, 3.05) is 0 Å². The largest absolute Gasteiger partial charge is 0.347 e. The fraction of sp³-hybridized carbons (Fsp3) is 0.261. The second-order valence-corrected chi connectivity index (χ2v) is 8.94. The molecular weight excluding hydrogens is 376 g/mol. The minimum Gasteiger partial charge on any atom is -0.347 e. The van der Waals surface area contributed by atoms with Crippen molar-refractivity contribution < 1.29 is 13.6 Å². The van der Waals surface area contributed by atoms with E-state index in [1.165, 1.54) is 36.0 Å². The second kappa shape index (κ2) is 7.84. The first-order valence-electron chi connectivity index (χ1n) is 9.08. The molecule has 1 N–H and O–H groups in total. The Morgan fingerprint density at radius 2 is 1.61 bits per heavy atom. The molecule has 0 aliphatic heterocycles. The van der Waals surface area contributed by atoms with Crippen LogP contribution < -0.4 is 5.32 Å². The van der Waals surface area contributed by atoms with Gasteiger partial charge in [-0.2, -0.15) is 0 Å². The number of nitrogens with one attached hydrogen (secondary N) is 1. The molecule has 1 aromatic heterocycles. The molecule has 0 aliphatic carbocycles. The molecule has 0 saturated carbocycles. The fourth-order valence-corrected chi connectivity index (χ4v) is 3.75. The lowest BCUT2D eigenvalue weighted by Crippen LogP contribution is -2.22. The highest BCUT2D eigenvalue weighted by Gasteiger charge is 2.15. The molecule has 3 aromatic rings. The summed E-state index contributed by atoms with van der Waals surface area (Å²) in [6.07, 6.45) is 0. The summed E-state index contributed by atoms with van der Waals surface area (Å²) in [4.78, 5) is 14.0. The van der Waals surface area contributed by atoms with Crippen LogP contribution in [0.15, 0.2) is 48.5 Å². The molecule has 3 rings (SSSR count). The molecule has 1 amide bonds. The summed E-state index contributed by atoms with van der Waals surface area (Å²) >= 11 is 1.39. The maximum Gasteiger partial charge on any atom is 0.261 e. The van der Waals surface area contributed by atoms with Gasteiger partial charge in [0.05, 0.1) is 4.88 Å². The van der Waals surface area contributed by atoms with Crippen molar-refractivity contribution in [3.8, 4) is 10.4 Å². The van der Waals surface area contributed by atoms with E-state index in [1.807, 2.05) is 6.07 Å². The van der Waals surface area contributed by atoms with Crippen LogP contribution in [0, 0.1) is 18.6 Å². The maximum absolute atomic E-state index is 13.6. The van der Waals surface area contributed by atoms with E-state index in [9.17, 15) is 13.6 Å². The van der Waals surface area contributed by atoms with E-state index in [1.54, 1.807) is 6.07 Å². The second-order valence-electron chi connectivity index (χ2n) is 7.86. The molecule has 0 unspecified atom stereocenters. The van der Waals surface area contributed by atoms with E-state index < -0.39 is 11.6 Å². The summed E-state index contributed by atoms with van der Waals surface area (Å²) < 4.78 is 27.3. The van der Waals surface area contributed by atoms with E-state index >= 15 is 0 Å². The quantitative estimate of drug-likeness (QED) is 0.554. The van der Waals surface area contributed by atoms with E-state index in [4.69, 9.17) is 0 Å². The topological polar surface area (TPSA) is 29.1 Å². The molecule has 0 saturated heterocycles. The van der Waals surface area contributed by atoms with Crippen LogP contribution in [-0.2, 0) is 12.0 Å². The summed E-state index contributed by atoms with van der Waals surface area (Å²) in [6.45, 7) is 7.96. The highest BCUT2D eigenvalue weighted by molar-refractivity contribution is 7.17. The summed E-state index contributed by atoms with van der Waals surface area (Å²) in [6, 6.07) is 14.5. The first-order chi connectivity index (χ1) is 13.1. The van der Waals surface area contributed by atoms with Crippen molar-refractivity contribution in [3.63, 3.8) is 0 Å². The first-order valence-corrected chi connectivity index (χ1v) is 9.90. The Balaban J connectivity index is 1.69. The van der Waals surface area contributed by atoms with Gasteiger partial charge < -0.3 is 5.32 Å². The van der Waals surface area contributed by atoms with E-state index in [0.717, 1.165) is 10.4 Å². The molecule has 2 aromatic carbocycles. The number of carbonyl (C=O) groups is 1. The Hall–Kier alpha value is -2.53.